The first-order valence-corrected chi connectivity index (χ1v) is 8.38. The minimum Gasteiger partial charge on any atom is -0.380 e. The van der Waals surface area contributed by atoms with E-state index in [1.807, 2.05) is 12.1 Å². The van der Waals surface area contributed by atoms with Crippen molar-refractivity contribution in [3.8, 4) is 0 Å². The lowest BCUT2D eigenvalue weighted by Crippen LogP contribution is -2.34. The van der Waals surface area contributed by atoms with E-state index in [4.69, 9.17) is 11.6 Å². The van der Waals surface area contributed by atoms with E-state index in [9.17, 15) is 8.42 Å². The van der Waals surface area contributed by atoms with E-state index in [-0.39, 0.29) is 11.8 Å². The molecular formula is C11H13BrClNO2S. The fraction of sp³-hybridized carbons (Fsp3) is 0.455. The molecule has 1 heterocycles. The number of hydrogen-bond donors (Lipinski definition) is 1. The molecule has 1 aromatic rings. The minimum atomic E-state index is -2.89. The van der Waals surface area contributed by atoms with Crippen LogP contribution >= 0.6 is 27.5 Å². The summed E-state index contributed by atoms with van der Waals surface area (Å²) in [6, 6.07) is 5.49. The zero-order valence-electron chi connectivity index (χ0n) is 9.12. The van der Waals surface area contributed by atoms with Crippen molar-refractivity contribution in [3.05, 3.63) is 27.7 Å². The van der Waals surface area contributed by atoms with Crippen molar-refractivity contribution in [1.82, 2.24) is 0 Å². The molecule has 1 unspecified atom stereocenters. The molecule has 1 atom stereocenters. The molecular weight excluding hydrogens is 326 g/mol. The number of anilines is 1. The van der Waals surface area contributed by atoms with Crippen molar-refractivity contribution in [2.75, 3.05) is 16.8 Å². The molecule has 1 fully saturated rings. The van der Waals surface area contributed by atoms with Gasteiger partial charge in [0.25, 0.3) is 0 Å². The quantitative estimate of drug-likeness (QED) is 0.901. The highest BCUT2D eigenvalue weighted by Crippen LogP contribution is 2.31. The van der Waals surface area contributed by atoms with Gasteiger partial charge >= 0.3 is 0 Å². The highest BCUT2D eigenvalue weighted by atomic mass is 79.9. The average Bonchev–Trinajstić information content (AvgIpc) is 2.23. The molecule has 1 aliphatic heterocycles. The van der Waals surface area contributed by atoms with Gasteiger partial charge in [0.15, 0.2) is 9.84 Å². The number of halogens is 2. The van der Waals surface area contributed by atoms with E-state index in [1.165, 1.54) is 0 Å². The van der Waals surface area contributed by atoms with Crippen LogP contribution in [0.4, 0.5) is 5.69 Å². The first kappa shape index (κ1) is 13.2. The number of rotatable bonds is 2. The largest absolute Gasteiger partial charge is 0.380 e. The normalized spacial score (nSPS) is 23.3. The summed E-state index contributed by atoms with van der Waals surface area (Å²) in [6.07, 6.45) is 1.59. The van der Waals surface area contributed by atoms with E-state index < -0.39 is 9.84 Å². The lowest BCUT2D eigenvalue weighted by Gasteiger charge is -2.24. The highest BCUT2D eigenvalue weighted by Gasteiger charge is 2.25. The fourth-order valence-corrected chi connectivity index (χ4v) is 4.16. The zero-order chi connectivity index (χ0) is 12.5. The molecule has 1 saturated heterocycles. The van der Waals surface area contributed by atoms with E-state index in [0.29, 0.717) is 10.8 Å². The summed E-state index contributed by atoms with van der Waals surface area (Å²) in [5.74, 6) is 0.508. The van der Waals surface area contributed by atoms with Gasteiger partial charge in [0.2, 0.25) is 0 Å². The molecule has 1 aliphatic rings. The van der Waals surface area contributed by atoms with E-state index in [0.717, 1.165) is 23.0 Å². The average molecular weight is 339 g/mol. The van der Waals surface area contributed by atoms with Gasteiger partial charge in [0.1, 0.15) is 0 Å². The summed E-state index contributed by atoms with van der Waals surface area (Å²) in [5.41, 5.74) is 0.847. The second-order valence-corrected chi connectivity index (χ2v) is 7.63. The third-order valence-corrected chi connectivity index (χ3v) is 5.99. The third-order valence-electron chi connectivity index (χ3n) is 2.77. The summed E-state index contributed by atoms with van der Waals surface area (Å²) >= 11 is 9.37. The molecule has 0 saturated carbocycles. The Labute approximate surface area is 115 Å². The maximum atomic E-state index is 11.5. The molecule has 3 nitrogen and oxygen atoms in total. The van der Waals surface area contributed by atoms with Crippen molar-refractivity contribution in [2.24, 2.45) is 0 Å². The molecule has 2 rings (SSSR count). The van der Waals surface area contributed by atoms with Gasteiger partial charge in [0, 0.05) is 6.04 Å². The van der Waals surface area contributed by atoms with Crippen molar-refractivity contribution < 1.29 is 8.42 Å². The van der Waals surface area contributed by atoms with Crippen LogP contribution in [-0.4, -0.2) is 26.0 Å². The molecule has 6 heteroatoms. The Hall–Kier alpha value is -0.260. The van der Waals surface area contributed by atoms with Crippen LogP contribution in [0.3, 0.4) is 0 Å². The standard InChI is InChI=1S/C11H13BrClNO2S/c12-11-9(13)4-1-5-10(11)14-8-3-2-6-17(15,16)7-8/h1,4-5,8,14H,2-3,6-7H2. The summed E-state index contributed by atoms with van der Waals surface area (Å²) < 4.78 is 23.8. The molecule has 1 N–H and O–H groups in total. The molecule has 0 bridgehead atoms. The monoisotopic (exact) mass is 337 g/mol. The van der Waals surface area contributed by atoms with Crippen molar-refractivity contribution in [2.45, 2.75) is 18.9 Å². The Morgan fingerprint density at radius 2 is 2.18 bits per heavy atom. The second kappa shape index (κ2) is 5.16. The maximum absolute atomic E-state index is 11.5. The van der Waals surface area contributed by atoms with Gasteiger partial charge < -0.3 is 5.32 Å². The molecule has 0 spiro atoms. The van der Waals surface area contributed by atoms with Crippen LogP contribution in [0.25, 0.3) is 0 Å². The van der Waals surface area contributed by atoms with Gasteiger partial charge in [-0.3, -0.25) is 0 Å². The Morgan fingerprint density at radius 1 is 1.41 bits per heavy atom. The Kier molecular flexibility index (Phi) is 4.00. The van der Waals surface area contributed by atoms with Gasteiger partial charge in [-0.1, -0.05) is 17.7 Å². The SMILES string of the molecule is O=S1(=O)CCCC(Nc2cccc(Cl)c2Br)C1. The van der Waals surface area contributed by atoms with Crippen LogP contribution in [0.15, 0.2) is 22.7 Å². The zero-order valence-corrected chi connectivity index (χ0v) is 12.3. The predicted molar refractivity (Wildman–Crippen MR) is 74.5 cm³/mol. The van der Waals surface area contributed by atoms with Crippen LogP contribution in [0.5, 0.6) is 0 Å². The summed E-state index contributed by atoms with van der Waals surface area (Å²) in [7, 11) is -2.89. The van der Waals surface area contributed by atoms with E-state index in [1.54, 1.807) is 6.07 Å². The van der Waals surface area contributed by atoms with Crippen LogP contribution in [0.2, 0.25) is 5.02 Å². The summed E-state index contributed by atoms with van der Waals surface area (Å²) in [6.45, 7) is 0. The van der Waals surface area contributed by atoms with E-state index in [2.05, 4.69) is 21.2 Å². The molecule has 0 aliphatic carbocycles. The Morgan fingerprint density at radius 3 is 2.88 bits per heavy atom. The van der Waals surface area contributed by atoms with Crippen molar-refractivity contribution >= 4 is 43.1 Å². The molecule has 0 amide bonds. The Balaban J connectivity index is 2.13. The molecule has 0 aromatic heterocycles. The topological polar surface area (TPSA) is 46.2 Å². The van der Waals surface area contributed by atoms with Gasteiger partial charge in [-0.15, -0.1) is 0 Å². The summed E-state index contributed by atoms with van der Waals surface area (Å²) in [4.78, 5) is 0. The first-order chi connectivity index (χ1) is 7.98. The maximum Gasteiger partial charge on any atom is 0.152 e. The predicted octanol–water partition coefficient (Wildman–Crippen LogP) is 3.09. The van der Waals surface area contributed by atoms with Gasteiger partial charge in [-0.2, -0.15) is 0 Å². The Bertz CT molecular complexity index is 518. The minimum absolute atomic E-state index is 0.0245. The molecule has 94 valence electrons. The van der Waals surface area contributed by atoms with Crippen molar-refractivity contribution in [3.63, 3.8) is 0 Å². The summed E-state index contributed by atoms with van der Waals surface area (Å²) in [5, 5.41) is 3.85. The molecule has 1 aromatic carbocycles. The number of nitrogens with one attached hydrogen (secondary N) is 1. The molecule has 17 heavy (non-hydrogen) atoms. The van der Waals surface area contributed by atoms with Gasteiger partial charge in [-0.25, -0.2) is 8.42 Å². The number of sulfone groups is 1. The molecule has 0 radical (unpaired) electrons. The second-order valence-electron chi connectivity index (χ2n) is 4.20. The van der Waals surface area contributed by atoms with Crippen LogP contribution in [-0.2, 0) is 9.84 Å². The number of benzene rings is 1. The van der Waals surface area contributed by atoms with E-state index >= 15 is 0 Å². The fourth-order valence-electron chi connectivity index (χ4n) is 1.97. The third kappa shape index (κ3) is 3.36. The highest BCUT2D eigenvalue weighted by molar-refractivity contribution is 9.10. The smallest absolute Gasteiger partial charge is 0.152 e. The van der Waals surface area contributed by atoms with Crippen molar-refractivity contribution in [1.29, 1.82) is 0 Å². The lowest BCUT2D eigenvalue weighted by atomic mass is 10.1. The van der Waals surface area contributed by atoms with Gasteiger partial charge in [-0.05, 0) is 40.9 Å². The van der Waals surface area contributed by atoms with Gasteiger partial charge in [0.05, 0.1) is 26.7 Å². The first-order valence-electron chi connectivity index (χ1n) is 5.39. The van der Waals surface area contributed by atoms with Crippen LogP contribution in [0, 0.1) is 0 Å². The lowest BCUT2D eigenvalue weighted by molar-refractivity contribution is 0.562. The van der Waals surface area contributed by atoms with Crippen LogP contribution in [0.1, 0.15) is 12.8 Å². The number of hydrogen-bond acceptors (Lipinski definition) is 3. The van der Waals surface area contributed by atoms with Crippen LogP contribution < -0.4 is 5.32 Å².